The Kier molecular flexibility index (Phi) is 5.54. The van der Waals surface area contributed by atoms with E-state index < -0.39 is 14.3 Å². The van der Waals surface area contributed by atoms with Crippen LogP contribution in [0.25, 0.3) is 49.7 Å². The topological polar surface area (TPSA) is 39.1 Å². The molecule has 2 aliphatic rings. The molecule has 0 saturated carbocycles. The maximum atomic E-state index is 15.5. The Morgan fingerprint density at radius 2 is 0.830 bits per heavy atom. The van der Waals surface area contributed by atoms with E-state index in [1.165, 1.54) is 10.8 Å². The summed E-state index contributed by atoms with van der Waals surface area (Å²) >= 11 is 0. The quantitative estimate of drug-likeness (QED) is 0.183. The first-order chi connectivity index (χ1) is 23.1. The second kappa shape index (κ2) is 9.66. The monoisotopic (exact) mass is 639 g/mol. The van der Waals surface area contributed by atoms with E-state index in [1.807, 2.05) is 78.9 Å². The molecule has 1 aromatic heterocycles. The molecule has 0 amide bonds. The number of para-hydroxylation sites is 2. The molecule has 47 heavy (non-hydrogen) atoms. The summed E-state index contributed by atoms with van der Waals surface area (Å²) in [7, 11) is -6.43. The summed E-state index contributed by atoms with van der Waals surface area (Å²) in [5, 5.41) is 7.23. The summed E-state index contributed by atoms with van der Waals surface area (Å²) in [4.78, 5) is 0. The van der Waals surface area contributed by atoms with Gasteiger partial charge in [0.1, 0.15) is 0 Å². The molecule has 3 heterocycles. The van der Waals surface area contributed by atoms with Crippen LogP contribution in [-0.4, -0.2) is 4.57 Å². The summed E-state index contributed by atoms with van der Waals surface area (Å²) in [6.07, 6.45) is 0. The van der Waals surface area contributed by atoms with Crippen LogP contribution >= 0.6 is 14.3 Å². The van der Waals surface area contributed by atoms with Gasteiger partial charge in [-0.3, -0.25) is 0 Å². The maximum Gasteiger partial charge on any atom is 0.172 e. The van der Waals surface area contributed by atoms with E-state index in [0.29, 0.717) is 0 Å². The van der Waals surface area contributed by atoms with Crippen LogP contribution in [0, 0.1) is 0 Å². The molecule has 0 radical (unpaired) electrons. The van der Waals surface area contributed by atoms with Crippen LogP contribution in [0.3, 0.4) is 0 Å². The molecule has 0 fully saturated rings. The molecular formula is C42H27NO2P2. The largest absolute Gasteiger partial charge is 0.309 e. The van der Waals surface area contributed by atoms with Gasteiger partial charge in [0, 0.05) is 59.4 Å². The Bertz CT molecular complexity index is 2520. The van der Waals surface area contributed by atoms with Gasteiger partial charge in [0.2, 0.25) is 0 Å². The smallest absolute Gasteiger partial charge is 0.172 e. The standard InChI is InChI=1S/C42H27NO2P2/c44-46(31-12-3-1-4-13-31)37-20-11-21-38-41(37)42-39(46)26-29(27-40(42)47(38,45)32-14-5-2-6-15-32)28-22-24-30(25-23-28)43-35-18-9-7-16-33(35)34-17-8-10-19-36(34)43/h1-27H. The zero-order chi connectivity index (χ0) is 31.3. The number of rotatable bonds is 4. The molecule has 8 aromatic rings. The van der Waals surface area contributed by atoms with Gasteiger partial charge < -0.3 is 13.7 Å². The predicted molar refractivity (Wildman–Crippen MR) is 198 cm³/mol. The van der Waals surface area contributed by atoms with Crippen molar-refractivity contribution >= 4 is 67.9 Å². The lowest BCUT2D eigenvalue weighted by Gasteiger charge is -2.22. The number of benzene rings is 7. The van der Waals surface area contributed by atoms with Gasteiger partial charge in [0.05, 0.1) is 11.0 Å². The van der Waals surface area contributed by atoms with Gasteiger partial charge in [-0.1, -0.05) is 127 Å². The molecule has 10 rings (SSSR count). The number of aromatic nitrogens is 1. The van der Waals surface area contributed by atoms with Crippen molar-refractivity contribution in [3.8, 4) is 27.9 Å². The molecule has 0 saturated heterocycles. The predicted octanol–water partition coefficient (Wildman–Crippen LogP) is 8.02. The molecule has 2 aliphatic heterocycles. The van der Waals surface area contributed by atoms with Crippen molar-refractivity contribution < 1.29 is 9.13 Å². The van der Waals surface area contributed by atoms with E-state index in [0.717, 1.165) is 70.8 Å². The lowest BCUT2D eigenvalue weighted by molar-refractivity contribution is 0.592. The molecule has 3 nitrogen and oxygen atoms in total. The van der Waals surface area contributed by atoms with Crippen LogP contribution < -0.4 is 31.8 Å². The van der Waals surface area contributed by atoms with Gasteiger partial charge in [-0.25, -0.2) is 0 Å². The SMILES string of the molecule is O=P1(c2ccccc2)c2cccc3c2-c2c1cc(-c1ccc(-n4c5ccccc5c5ccccc54)cc1)cc2P3(=O)c1ccccc1. The van der Waals surface area contributed by atoms with Crippen LogP contribution in [0.4, 0.5) is 0 Å². The highest BCUT2D eigenvalue weighted by molar-refractivity contribution is 7.89. The van der Waals surface area contributed by atoms with Gasteiger partial charge in [-0.2, -0.15) is 0 Å². The number of hydrogen-bond acceptors (Lipinski definition) is 2. The molecule has 0 spiro atoms. The van der Waals surface area contributed by atoms with Crippen molar-refractivity contribution in [2.75, 3.05) is 0 Å². The average Bonchev–Trinajstić information content (AvgIpc) is 3.72. The molecule has 0 N–H and O–H groups in total. The zero-order valence-corrected chi connectivity index (χ0v) is 27.0. The first-order valence-corrected chi connectivity index (χ1v) is 19.2. The first-order valence-electron chi connectivity index (χ1n) is 15.8. The maximum absolute atomic E-state index is 15.5. The zero-order valence-electron chi connectivity index (χ0n) is 25.2. The van der Waals surface area contributed by atoms with Gasteiger partial charge in [0.15, 0.2) is 14.3 Å². The van der Waals surface area contributed by atoms with Gasteiger partial charge in [0.25, 0.3) is 0 Å². The minimum atomic E-state index is -3.21. The van der Waals surface area contributed by atoms with Gasteiger partial charge in [-0.05, 0) is 47.5 Å². The highest BCUT2D eigenvalue weighted by Gasteiger charge is 2.52. The van der Waals surface area contributed by atoms with Crippen molar-refractivity contribution in [3.05, 3.63) is 164 Å². The Labute approximate surface area is 272 Å². The van der Waals surface area contributed by atoms with Gasteiger partial charge in [-0.15, -0.1) is 0 Å². The first kappa shape index (κ1) is 27.0. The summed E-state index contributed by atoms with van der Waals surface area (Å²) in [6, 6.07) is 55.3. The summed E-state index contributed by atoms with van der Waals surface area (Å²) < 4.78 is 33.4. The van der Waals surface area contributed by atoms with Crippen LogP contribution in [0.5, 0.6) is 0 Å². The van der Waals surface area contributed by atoms with E-state index in [2.05, 4.69) is 89.5 Å². The van der Waals surface area contributed by atoms with Crippen LogP contribution in [0.2, 0.25) is 0 Å². The second-order valence-corrected chi connectivity index (χ2v) is 17.8. The number of nitrogens with zero attached hydrogens (tertiary/aromatic N) is 1. The lowest BCUT2D eigenvalue weighted by atomic mass is 10.0. The minimum Gasteiger partial charge on any atom is -0.309 e. The third-order valence-electron chi connectivity index (χ3n) is 10.0. The van der Waals surface area contributed by atoms with Crippen molar-refractivity contribution in [1.82, 2.24) is 4.57 Å². The van der Waals surface area contributed by atoms with Crippen LogP contribution in [-0.2, 0) is 9.13 Å². The van der Waals surface area contributed by atoms with Crippen molar-refractivity contribution in [2.24, 2.45) is 0 Å². The van der Waals surface area contributed by atoms with E-state index >= 15 is 9.13 Å². The molecule has 5 heteroatoms. The summed E-state index contributed by atoms with van der Waals surface area (Å²) in [5.41, 5.74) is 7.11. The van der Waals surface area contributed by atoms with Crippen molar-refractivity contribution in [2.45, 2.75) is 0 Å². The Morgan fingerprint density at radius 1 is 0.383 bits per heavy atom. The third kappa shape index (κ3) is 3.48. The molecule has 7 aromatic carbocycles. The average molecular weight is 640 g/mol. The number of hydrogen-bond donors (Lipinski definition) is 0. The Balaban J connectivity index is 1.21. The molecule has 0 bridgehead atoms. The van der Waals surface area contributed by atoms with E-state index in [-0.39, 0.29) is 0 Å². The van der Waals surface area contributed by atoms with E-state index in [1.54, 1.807) is 0 Å². The Morgan fingerprint density at radius 3 is 1.34 bits per heavy atom. The third-order valence-corrected chi connectivity index (χ3v) is 16.2. The fourth-order valence-corrected chi connectivity index (χ4v) is 14.4. The molecular weight excluding hydrogens is 612 g/mol. The molecule has 2 atom stereocenters. The van der Waals surface area contributed by atoms with Crippen LogP contribution in [0.15, 0.2) is 164 Å². The summed E-state index contributed by atoms with van der Waals surface area (Å²) in [6.45, 7) is 0. The van der Waals surface area contributed by atoms with Crippen molar-refractivity contribution in [3.63, 3.8) is 0 Å². The lowest BCUT2D eigenvalue weighted by Crippen LogP contribution is -2.28. The number of fused-ring (bicyclic) bond motifs is 3. The minimum absolute atomic E-state index is 0.791. The normalized spacial score (nSPS) is 19.0. The van der Waals surface area contributed by atoms with Gasteiger partial charge >= 0.3 is 0 Å². The van der Waals surface area contributed by atoms with E-state index in [9.17, 15) is 0 Å². The highest BCUT2D eigenvalue weighted by Crippen LogP contribution is 2.61. The van der Waals surface area contributed by atoms with Crippen LogP contribution in [0.1, 0.15) is 0 Å². The van der Waals surface area contributed by atoms with E-state index in [4.69, 9.17) is 0 Å². The van der Waals surface area contributed by atoms with Crippen molar-refractivity contribution in [1.29, 1.82) is 0 Å². The fraction of sp³-hybridized carbons (Fsp3) is 0. The molecule has 222 valence electrons. The molecule has 0 aliphatic carbocycles. The summed E-state index contributed by atoms with van der Waals surface area (Å²) in [5.74, 6) is 0. The highest BCUT2D eigenvalue weighted by atomic mass is 31.2. The fourth-order valence-electron chi connectivity index (χ4n) is 7.94. The molecule has 2 unspecified atom stereocenters. The Hall–Kier alpha value is -5.20. The second-order valence-electron chi connectivity index (χ2n) is 12.4.